The van der Waals surface area contributed by atoms with Gasteiger partial charge >= 0.3 is 0 Å². The molecule has 18 heavy (non-hydrogen) atoms. The molecule has 2 saturated carbocycles. The predicted molar refractivity (Wildman–Crippen MR) is 83.3 cm³/mol. The zero-order chi connectivity index (χ0) is 12.8. The Morgan fingerprint density at radius 1 is 1.06 bits per heavy atom. The molecule has 0 aromatic rings. The average molecular weight is 269 g/mol. The molecule has 0 spiro atoms. The molecule has 1 nitrogen and oxygen atoms in total. The summed E-state index contributed by atoms with van der Waals surface area (Å²) in [6.45, 7) is 5.87. The molecule has 0 amide bonds. The fourth-order valence-corrected chi connectivity index (χ4v) is 5.47. The van der Waals surface area contributed by atoms with Crippen LogP contribution in [0.25, 0.3) is 0 Å². The number of nitrogens with one attached hydrogen (secondary N) is 1. The Morgan fingerprint density at radius 3 is 2.50 bits per heavy atom. The molecule has 2 rings (SSSR count). The molecule has 2 aliphatic rings. The van der Waals surface area contributed by atoms with E-state index in [2.05, 4.69) is 30.9 Å². The maximum atomic E-state index is 3.82. The van der Waals surface area contributed by atoms with Crippen LogP contribution in [0.5, 0.6) is 0 Å². The van der Waals surface area contributed by atoms with E-state index in [1.807, 2.05) is 0 Å². The fourth-order valence-electron chi connectivity index (χ4n) is 3.57. The van der Waals surface area contributed by atoms with Crippen LogP contribution in [0.15, 0.2) is 0 Å². The van der Waals surface area contributed by atoms with Crippen molar-refractivity contribution in [2.45, 2.75) is 88.2 Å². The Hall–Kier alpha value is 0.310. The van der Waals surface area contributed by atoms with Gasteiger partial charge in [-0.3, -0.25) is 0 Å². The van der Waals surface area contributed by atoms with Gasteiger partial charge in [0.05, 0.1) is 0 Å². The maximum absolute atomic E-state index is 3.82. The lowest BCUT2D eigenvalue weighted by Gasteiger charge is -2.37. The van der Waals surface area contributed by atoms with E-state index in [0.29, 0.717) is 0 Å². The molecule has 3 unspecified atom stereocenters. The molecule has 0 saturated heterocycles. The van der Waals surface area contributed by atoms with E-state index in [-0.39, 0.29) is 0 Å². The minimum Gasteiger partial charge on any atom is -0.313 e. The molecule has 2 fully saturated rings. The van der Waals surface area contributed by atoms with Crippen LogP contribution in [0.3, 0.4) is 0 Å². The normalized spacial score (nSPS) is 34.0. The van der Waals surface area contributed by atoms with E-state index in [1.165, 1.54) is 64.3 Å². The van der Waals surface area contributed by atoms with Crippen molar-refractivity contribution in [2.24, 2.45) is 5.92 Å². The second-order valence-electron chi connectivity index (χ2n) is 6.23. The van der Waals surface area contributed by atoms with Crippen molar-refractivity contribution in [1.29, 1.82) is 0 Å². The molecule has 2 aliphatic carbocycles. The third kappa shape index (κ3) is 4.16. The van der Waals surface area contributed by atoms with Crippen LogP contribution < -0.4 is 5.32 Å². The Bertz CT molecular complexity index is 225. The van der Waals surface area contributed by atoms with Gasteiger partial charge in [-0.15, -0.1) is 0 Å². The molecule has 0 radical (unpaired) electrons. The number of hydrogen-bond acceptors (Lipinski definition) is 2. The smallest absolute Gasteiger partial charge is 0.0206 e. The summed E-state index contributed by atoms with van der Waals surface area (Å²) in [7, 11) is 0. The highest BCUT2D eigenvalue weighted by Gasteiger charge is 2.32. The summed E-state index contributed by atoms with van der Waals surface area (Å²) >= 11 is 2.34. The van der Waals surface area contributed by atoms with Gasteiger partial charge in [0.25, 0.3) is 0 Å². The van der Waals surface area contributed by atoms with Crippen molar-refractivity contribution in [3.05, 3.63) is 0 Å². The van der Waals surface area contributed by atoms with Gasteiger partial charge in [-0.25, -0.2) is 0 Å². The van der Waals surface area contributed by atoms with Gasteiger partial charge in [-0.1, -0.05) is 33.1 Å². The molecule has 2 heteroatoms. The molecule has 106 valence electrons. The summed E-state index contributed by atoms with van der Waals surface area (Å²) in [5, 5.41) is 5.70. The zero-order valence-electron chi connectivity index (χ0n) is 12.3. The molecule has 0 bridgehead atoms. The average Bonchev–Trinajstić information content (AvgIpc) is 2.90. The Kier molecular flexibility index (Phi) is 6.37. The lowest BCUT2D eigenvalue weighted by Crippen LogP contribution is -2.43. The van der Waals surface area contributed by atoms with Crippen molar-refractivity contribution in [1.82, 2.24) is 5.32 Å². The van der Waals surface area contributed by atoms with Crippen LogP contribution in [0.1, 0.15) is 71.6 Å². The van der Waals surface area contributed by atoms with Gasteiger partial charge < -0.3 is 5.32 Å². The van der Waals surface area contributed by atoms with Crippen molar-refractivity contribution in [3.63, 3.8) is 0 Å². The maximum Gasteiger partial charge on any atom is 0.0206 e. The highest BCUT2D eigenvalue weighted by molar-refractivity contribution is 8.00. The highest BCUT2D eigenvalue weighted by atomic mass is 32.2. The Morgan fingerprint density at radius 2 is 1.83 bits per heavy atom. The lowest BCUT2D eigenvalue weighted by molar-refractivity contribution is 0.295. The quantitative estimate of drug-likeness (QED) is 0.756. The van der Waals surface area contributed by atoms with E-state index in [0.717, 1.165) is 22.5 Å². The number of rotatable bonds is 6. The Balaban J connectivity index is 1.85. The Labute approximate surface area is 118 Å². The van der Waals surface area contributed by atoms with Crippen LogP contribution >= 0.6 is 11.8 Å². The minimum atomic E-state index is 0.804. The second kappa shape index (κ2) is 7.79. The molecule has 0 aromatic heterocycles. The van der Waals surface area contributed by atoms with Crippen LogP contribution in [0.4, 0.5) is 0 Å². The summed E-state index contributed by atoms with van der Waals surface area (Å²) in [6.07, 6.45) is 12.9. The molecule has 3 atom stereocenters. The van der Waals surface area contributed by atoms with Crippen LogP contribution in [0, 0.1) is 5.92 Å². The van der Waals surface area contributed by atoms with Crippen LogP contribution in [-0.2, 0) is 0 Å². The first-order chi connectivity index (χ1) is 8.83. The van der Waals surface area contributed by atoms with Crippen molar-refractivity contribution in [3.8, 4) is 0 Å². The first-order valence-corrected chi connectivity index (χ1v) is 9.16. The molecule has 0 aliphatic heterocycles. The predicted octanol–water partition coefficient (Wildman–Crippen LogP) is 4.61. The summed E-state index contributed by atoms with van der Waals surface area (Å²) < 4.78 is 0. The van der Waals surface area contributed by atoms with Crippen LogP contribution in [-0.4, -0.2) is 23.1 Å². The van der Waals surface area contributed by atoms with Crippen molar-refractivity contribution < 1.29 is 0 Å². The monoisotopic (exact) mass is 269 g/mol. The summed E-state index contributed by atoms with van der Waals surface area (Å²) in [6, 6.07) is 0.804. The van der Waals surface area contributed by atoms with Crippen molar-refractivity contribution >= 4 is 11.8 Å². The van der Waals surface area contributed by atoms with E-state index in [9.17, 15) is 0 Å². The topological polar surface area (TPSA) is 12.0 Å². The van der Waals surface area contributed by atoms with Gasteiger partial charge in [0.2, 0.25) is 0 Å². The van der Waals surface area contributed by atoms with E-state index < -0.39 is 0 Å². The third-order valence-electron chi connectivity index (χ3n) is 4.80. The van der Waals surface area contributed by atoms with E-state index in [4.69, 9.17) is 0 Å². The standard InChI is InChI=1S/C16H31NS/c1-3-11-17-15-10-9-13(4-2)12-16(15)18-14-7-5-6-8-14/h13-17H,3-12H2,1-2H3. The first-order valence-electron chi connectivity index (χ1n) is 8.22. The molecule has 0 heterocycles. The summed E-state index contributed by atoms with van der Waals surface area (Å²) in [5.74, 6) is 1.00. The van der Waals surface area contributed by atoms with Gasteiger partial charge in [-0.05, 0) is 51.0 Å². The SMILES string of the molecule is CCCNC1CCC(CC)CC1SC1CCCC1. The summed E-state index contributed by atoms with van der Waals surface area (Å²) in [5.41, 5.74) is 0. The minimum absolute atomic E-state index is 0.804. The number of hydrogen-bond donors (Lipinski definition) is 1. The van der Waals surface area contributed by atoms with Crippen molar-refractivity contribution in [2.75, 3.05) is 6.54 Å². The largest absolute Gasteiger partial charge is 0.313 e. The first kappa shape index (κ1) is 14.7. The third-order valence-corrected chi connectivity index (χ3v) is 6.53. The molecule has 0 aromatic carbocycles. The van der Waals surface area contributed by atoms with Gasteiger partial charge in [0.1, 0.15) is 0 Å². The van der Waals surface area contributed by atoms with Gasteiger partial charge in [0.15, 0.2) is 0 Å². The fraction of sp³-hybridized carbons (Fsp3) is 1.00. The molecular weight excluding hydrogens is 238 g/mol. The summed E-state index contributed by atoms with van der Waals surface area (Å²) in [4.78, 5) is 0. The second-order valence-corrected chi connectivity index (χ2v) is 7.77. The van der Waals surface area contributed by atoms with Crippen LogP contribution in [0.2, 0.25) is 0 Å². The zero-order valence-corrected chi connectivity index (χ0v) is 13.1. The molecular formula is C16H31NS. The lowest BCUT2D eigenvalue weighted by atomic mass is 9.84. The highest BCUT2D eigenvalue weighted by Crippen LogP contribution is 2.40. The van der Waals surface area contributed by atoms with Gasteiger partial charge in [0, 0.05) is 16.5 Å². The number of thioether (sulfide) groups is 1. The van der Waals surface area contributed by atoms with Gasteiger partial charge in [-0.2, -0.15) is 11.8 Å². The van der Waals surface area contributed by atoms with E-state index >= 15 is 0 Å². The molecule has 1 N–H and O–H groups in total. The van der Waals surface area contributed by atoms with E-state index in [1.54, 1.807) is 0 Å².